The van der Waals surface area contributed by atoms with Crippen molar-refractivity contribution >= 4 is 16.7 Å². The predicted molar refractivity (Wildman–Crippen MR) is 58.0 cm³/mol. The Labute approximate surface area is 91.5 Å². The molecule has 2 aromatic rings. The lowest BCUT2D eigenvalue weighted by atomic mass is 10.0. The SMILES string of the molecule is O=C(O)C(F)Cc1cncc2ccccc12. The van der Waals surface area contributed by atoms with Gasteiger partial charge in [-0.3, -0.25) is 4.98 Å². The fourth-order valence-electron chi connectivity index (χ4n) is 1.62. The molecule has 0 radical (unpaired) electrons. The summed E-state index contributed by atoms with van der Waals surface area (Å²) in [5, 5.41) is 10.3. The number of carbonyl (C=O) groups is 1. The summed E-state index contributed by atoms with van der Waals surface area (Å²) in [5.74, 6) is -1.44. The first-order valence-electron chi connectivity index (χ1n) is 4.87. The first-order chi connectivity index (χ1) is 7.68. The summed E-state index contributed by atoms with van der Waals surface area (Å²) in [7, 11) is 0. The molecule has 1 unspecified atom stereocenters. The van der Waals surface area contributed by atoms with Crippen molar-refractivity contribution in [3.63, 3.8) is 0 Å². The second-order valence-electron chi connectivity index (χ2n) is 3.53. The zero-order valence-corrected chi connectivity index (χ0v) is 8.43. The molecular weight excluding hydrogens is 209 g/mol. The molecule has 1 aromatic heterocycles. The van der Waals surface area contributed by atoms with Gasteiger partial charge < -0.3 is 5.11 Å². The summed E-state index contributed by atoms with van der Waals surface area (Å²) in [6.45, 7) is 0. The van der Waals surface area contributed by atoms with E-state index in [0.29, 0.717) is 5.56 Å². The number of carboxylic acid groups (broad SMARTS) is 1. The second-order valence-corrected chi connectivity index (χ2v) is 3.53. The van der Waals surface area contributed by atoms with Gasteiger partial charge in [0.15, 0.2) is 0 Å². The Hall–Kier alpha value is -1.97. The molecule has 0 saturated heterocycles. The third-order valence-electron chi connectivity index (χ3n) is 2.42. The Bertz CT molecular complexity index is 522. The van der Waals surface area contributed by atoms with Crippen molar-refractivity contribution in [1.82, 2.24) is 4.98 Å². The van der Waals surface area contributed by atoms with Gasteiger partial charge in [0.1, 0.15) is 0 Å². The van der Waals surface area contributed by atoms with Crippen LogP contribution in [-0.2, 0) is 11.2 Å². The summed E-state index contributed by atoms with van der Waals surface area (Å²) in [5.41, 5.74) is 0.619. The molecule has 1 heterocycles. The molecule has 1 aromatic carbocycles. The number of hydrogen-bond donors (Lipinski definition) is 1. The van der Waals surface area contributed by atoms with Crippen molar-refractivity contribution in [1.29, 1.82) is 0 Å². The summed E-state index contributed by atoms with van der Waals surface area (Å²) < 4.78 is 13.1. The first-order valence-corrected chi connectivity index (χ1v) is 4.87. The minimum absolute atomic E-state index is 0.149. The molecule has 0 amide bonds. The van der Waals surface area contributed by atoms with Crippen LogP contribution in [0.1, 0.15) is 5.56 Å². The highest BCUT2D eigenvalue weighted by Crippen LogP contribution is 2.19. The van der Waals surface area contributed by atoms with E-state index in [1.165, 1.54) is 6.20 Å². The molecule has 0 aliphatic rings. The van der Waals surface area contributed by atoms with Crippen LogP contribution >= 0.6 is 0 Å². The van der Waals surface area contributed by atoms with E-state index in [4.69, 9.17) is 5.11 Å². The maximum atomic E-state index is 13.1. The highest BCUT2D eigenvalue weighted by Gasteiger charge is 2.17. The van der Waals surface area contributed by atoms with E-state index >= 15 is 0 Å². The number of halogens is 1. The molecule has 0 saturated carbocycles. The number of nitrogens with zero attached hydrogens (tertiary/aromatic N) is 1. The number of benzene rings is 1. The highest BCUT2D eigenvalue weighted by molar-refractivity contribution is 5.85. The lowest BCUT2D eigenvalue weighted by molar-refractivity contribution is -0.142. The number of alkyl halides is 1. The van der Waals surface area contributed by atoms with Gasteiger partial charge in [-0.1, -0.05) is 24.3 Å². The molecule has 0 fully saturated rings. The van der Waals surface area contributed by atoms with Gasteiger partial charge in [0.2, 0.25) is 6.17 Å². The molecule has 4 heteroatoms. The molecule has 82 valence electrons. The number of carboxylic acids is 1. The number of aliphatic carboxylic acids is 1. The fraction of sp³-hybridized carbons (Fsp3) is 0.167. The molecule has 16 heavy (non-hydrogen) atoms. The maximum absolute atomic E-state index is 13.1. The third kappa shape index (κ3) is 2.00. The average Bonchev–Trinajstić information content (AvgIpc) is 2.29. The van der Waals surface area contributed by atoms with Gasteiger partial charge in [0.05, 0.1) is 0 Å². The Morgan fingerprint density at radius 1 is 1.38 bits per heavy atom. The van der Waals surface area contributed by atoms with Gasteiger partial charge in [0, 0.05) is 24.2 Å². The molecule has 1 atom stereocenters. The minimum atomic E-state index is -1.88. The van der Waals surface area contributed by atoms with Crippen LogP contribution in [0, 0.1) is 0 Å². The largest absolute Gasteiger partial charge is 0.479 e. The van der Waals surface area contributed by atoms with Gasteiger partial charge in [-0.05, 0) is 10.9 Å². The van der Waals surface area contributed by atoms with Crippen LogP contribution in [0.4, 0.5) is 4.39 Å². The van der Waals surface area contributed by atoms with E-state index in [1.54, 1.807) is 6.20 Å². The molecular formula is C12H10FNO2. The van der Waals surface area contributed by atoms with Crippen molar-refractivity contribution < 1.29 is 14.3 Å². The van der Waals surface area contributed by atoms with Crippen LogP contribution in [0.15, 0.2) is 36.7 Å². The smallest absolute Gasteiger partial charge is 0.338 e. The van der Waals surface area contributed by atoms with Crippen molar-refractivity contribution in [2.75, 3.05) is 0 Å². The molecule has 0 spiro atoms. The molecule has 0 bridgehead atoms. The van der Waals surface area contributed by atoms with Crippen molar-refractivity contribution in [3.05, 3.63) is 42.2 Å². The average molecular weight is 219 g/mol. The van der Waals surface area contributed by atoms with Crippen LogP contribution in [0.5, 0.6) is 0 Å². The Morgan fingerprint density at radius 2 is 2.12 bits per heavy atom. The summed E-state index contributed by atoms with van der Waals surface area (Å²) in [4.78, 5) is 14.4. The van der Waals surface area contributed by atoms with E-state index in [2.05, 4.69) is 4.98 Å². The minimum Gasteiger partial charge on any atom is -0.479 e. The van der Waals surface area contributed by atoms with E-state index in [0.717, 1.165) is 10.8 Å². The zero-order chi connectivity index (χ0) is 11.5. The number of aromatic nitrogens is 1. The molecule has 0 aliphatic heterocycles. The Balaban J connectivity index is 2.41. The lowest BCUT2D eigenvalue weighted by Gasteiger charge is -2.06. The summed E-state index contributed by atoms with van der Waals surface area (Å²) in [6, 6.07) is 7.39. The standard InChI is InChI=1S/C12H10FNO2/c13-11(12(15)16)5-9-7-14-6-8-3-1-2-4-10(8)9/h1-4,6-7,11H,5H2,(H,15,16). The van der Waals surface area contributed by atoms with Crippen LogP contribution < -0.4 is 0 Å². The van der Waals surface area contributed by atoms with Crippen molar-refractivity contribution in [2.24, 2.45) is 0 Å². The summed E-state index contributed by atoms with van der Waals surface area (Å²) in [6.07, 6.45) is 1.15. The number of rotatable bonds is 3. The monoisotopic (exact) mass is 219 g/mol. The van der Waals surface area contributed by atoms with Crippen molar-refractivity contribution in [3.8, 4) is 0 Å². The molecule has 1 N–H and O–H groups in total. The second kappa shape index (κ2) is 4.26. The number of hydrogen-bond acceptors (Lipinski definition) is 2. The van der Waals surface area contributed by atoms with Gasteiger partial charge in [0.25, 0.3) is 0 Å². The first kappa shape index (κ1) is 10.5. The number of fused-ring (bicyclic) bond motifs is 1. The quantitative estimate of drug-likeness (QED) is 0.860. The third-order valence-corrected chi connectivity index (χ3v) is 2.42. The zero-order valence-electron chi connectivity index (χ0n) is 8.43. The van der Waals surface area contributed by atoms with Gasteiger partial charge in [-0.15, -0.1) is 0 Å². The molecule has 3 nitrogen and oxygen atoms in total. The van der Waals surface area contributed by atoms with Crippen LogP contribution in [-0.4, -0.2) is 22.2 Å². The van der Waals surface area contributed by atoms with Crippen LogP contribution in [0.3, 0.4) is 0 Å². The van der Waals surface area contributed by atoms with E-state index in [-0.39, 0.29) is 6.42 Å². The Morgan fingerprint density at radius 3 is 2.88 bits per heavy atom. The topological polar surface area (TPSA) is 50.2 Å². The van der Waals surface area contributed by atoms with Crippen LogP contribution in [0.25, 0.3) is 10.8 Å². The van der Waals surface area contributed by atoms with Crippen molar-refractivity contribution in [2.45, 2.75) is 12.6 Å². The van der Waals surface area contributed by atoms with E-state index in [9.17, 15) is 9.18 Å². The fourth-order valence-corrected chi connectivity index (χ4v) is 1.62. The summed E-state index contributed by atoms with van der Waals surface area (Å²) >= 11 is 0. The lowest BCUT2D eigenvalue weighted by Crippen LogP contribution is -2.17. The van der Waals surface area contributed by atoms with Crippen LogP contribution in [0.2, 0.25) is 0 Å². The number of pyridine rings is 1. The maximum Gasteiger partial charge on any atom is 0.338 e. The van der Waals surface area contributed by atoms with Gasteiger partial charge in [-0.2, -0.15) is 0 Å². The van der Waals surface area contributed by atoms with E-state index in [1.807, 2.05) is 24.3 Å². The highest BCUT2D eigenvalue weighted by atomic mass is 19.1. The van der Waals surface area contributed by atoms with Gasteiger partial charge in [-0.25, -0.2) is 9.18 Å². The Kier molecular flexibility index (Phi) is 2.81. The predicted octanol–water partition coefficient (Wildman–Crippen LogP) is 2.20. The molecule has 2 rings (SSSR count). The van der Waals surface area contributed by atoms with Gasteiger partial charge >= 0.3 is 5.97 Å². The normalized spacial score (nSPS) is 12.6. The molecule has 0 aliphatic carbocycles. The van der Waals surface area contributed by atoms with E-state index < -0.39 is 12.1 Å².